The molecule has 1 aromatic rings. The lowest BCUT2D eigenvalue weighted by Gasteiger charge is -2.12. The molecule has 3 N–H and O–H groups in total. The van der Waals surface area contributed by atoms with Crippen LogP contribution in [0.4, 0.5) is 0 Å². The van der Waals surface area contributed by atoms with Gasteiger partial charge in [-0.25, -0.2) is 0 Å². The third kappa shape index (κ3) is 4.57. The van der Waals surface area contributed by atoms with Gasteiger partial charge in [0.25, 0.3) is 0 Å². The monoisotopic (exact) mass is 290 g/mol. The van der Waals surface area contributed by atoms with Gasteiger partial charge < -0.3 is 15.7 Å². The zero-order chi connectivity index (χ0) is 12.1. The number of nitrogens with one attached hydrogen (secondary N) is 2. The first-order chi connectivity index (χ1) is 8.25. The number of halogens is 1. The molecule has 0 spiro atoms. The maximum Gasteiger partial charge on any atom is 0.220 e. The van der Waals surface area contributed by atoms with Crippen LogP contribution in [0.5, 0.6) is 0 Å². The molecule has 0 aromatic carbocycles. The Kier molecular flexibility index (Phi) is 6.63. The maximum atomic E-state index is 11.6. The van der Waals surface area contributed by atoms with Crippen molar-refractivity contribution >= 4 is 29.7 Å². The van der Waals surface area contributed by atoms with E-state index in [0.717, 1.165) is 25.1 Å². The fourth-order valence-electron chi connectivity index (χ4n) is 2.02. The van der Waals surface area contributed by atoms with Crippen molar-refractivity contribution in [2.75, 3.05) is 19.6 Å². The van der Waals surface area contributed by atoms with Crippen molar-refractivity contribution in [2.45, 2.75) is 18.9 Å². The van der Waals surface area contributed by atoms with Gasteiger partial charge in [0.05, 0.1) is 6.10 Å². The molecule has 1 fully saturated rings. The first-order valence-corrected chi connectivity index (χ1v) is 6.87. The second kappa shape index (κ2) is 7.74. The number of aliphatic hydroxyl groups excluding tert-OH is 1. The van der Waals surface area contributed by atoms with E-state index >= 15 is 0 Å². The molecule has 2 atom stereocenters. The first-order valence-electron chi connectivity index (χ1n) is 5.93. The molecule has 0 aliphatic carbocycles. The molecule has 102 valence electrons. The molecule has 4 nitrogen and oxygen atoms in total. The van der Waals surface area contributed by atoms with Crippen LogP contribution in [-0.4, -0.2) is 30.6 Å². The molecular formula is C12H19ClN2O2S. The Bertz CT molecular complexity index is 353. The molecule has 1 amide bonds. The van der Waals surface area contributed by atoms with Crippen molar-refractivity contribution in [3.05, 3.63) is 22.4 Å². The molecule has 0 saturated carbocycles. The quantitative estimate of drug-likeness (QED) is 0.766. The summed E-state index contributed by atoms with van der Waals surface area (Å²) in [6.45, 7) is 2.24. The second-order valence-corrected chi connectivity index (χ2v) is 5.22. The minimum Gasteiger partial charge on any atom is -0.387 e. The highest BCUT2D eigenvalue weighted by Crippen LogP contribution is 2.16. The van der Waals surface area contributed by atoms with E-state index in [1.165, 1.54) is 0 Å². The number of hydrogen-bond acceptors (Lipinski definition) is 4. The van der Waals surface area contributed by atoms with Gasteiger partial charge in [-0.1, -0.05) is 0 Å². The van der Waals surface area contributed by atoms with Crippen LogP contribution in [0.25, 0.3) is 0 Å². The Labute approximate surface area is 117 Å². The van der Waals surface area contributed by atoms with Gasteiger partial charge >= 0.3 is 0 Å². The summed E-state index contributed by atoms with van der Waals surface area (Å²) < 4.78 is 0. The zero-order valence-electron chi connectivity index (χ0n) is 10.1. The molecule has 2 heterocycles. The van der Waals surface area contributed by atoms with Gasteiger partial charge in [0.2, 0.25) is 5.91 Å². The average molecular weight is 291 g/mol. The van der Waals surface area contributed by atoms with Gasteiger partial charge in [0.15, 0.2) is 0 Å². The van der Waals surface area contributed by atoms with Gasteiger partial charge in [-0.2, -0.15) is 11.3 Å². The van der Waals surface area contributed by atoms with Gasteiger partial charge in [-0.05, 0) is 47.8 Å². The van der Waals surface area contributed by atoms with E-state index in [2.05, 4.69) is 10.6 Å². The lowest BCUT2D eigenvalue weighted by Crippen LogP contribution is -2.30. The molecule has 1 aromatic heterocycles. The van der Waals surface area contributed by atoms with Crippen molar-refractivity contribution in [1.82, 2.24) is 10.6 Å². The Morgan fingerprint density at radius 2 is 2.50 bits per heavy atom. The summed E-state index contributed by atoms with van der Waals surface area (Å²) in [7, 11) is 0. The van der Waals surface area contributed by atoms with Gasteiger partial charge in [0.1, 0.15) is 0 Å². The average Bonchev–Trinajstić information content (AvgIpc) is 2.97. The number of thiophene rings is 1. The molecular weight excluding hydrogens is 272 g/mol. The van der Waals surface area contributed by atoms with Crippen molar-refractivity contribution in [3.8, 4) is 0 Å². The van der Waals surface area contributed by atoms with E-state index in [1.807, 2.05) is 16.8 Å². The summed E-state index contributed by atoms with van der Waals surface area (Å²) in [5.74, 6) is 0.487. The summed E-state index contributed by atoms with van der Waals surface area (Å²) in [4.78, 5) is 11.6. The van der Waals surface area contributed by atoms with Crippen LogP contribution in [0, 0.1) is 5.92 Å². The molecule has 2 unspecified atom stereocenters. The summed E-state index contributed by atoms with van der Waals surface area (Å²) in [5, 5.41) is 19.6. The van der Waals surface area contributed by atoms with E-state index in [1.54, 1.807) is 11.3 Å². The van der Waals surface area contributed by atoms with Crippen molar-refractivity contribution in [2.24, 2.45) is 5.92 Å². The van der Waals surface area contributed by atoms with Crippen LogP contribution < -0.4 is 10.6 Å². The molecule has 0 bridgehead atoms. The van der Waals surface area contributed by atoms with Gasteiger partial charge in [-0.3, -0.25) is 4.79 Å². The summed E-state index contributed by atoms with van der Waals surface area (Å²) in [6, 6.07) is 1.88. The van der Waals surface area contributed by atoms with E-state index in [-0.39, 0.29) is 18.3 Å². The van der Waals surface area contributed by atoms with Gasteiger partial charge in [0, 0.05) is 13.0 Å². The number of aliphatic hydroxyl groups is 1. The Balaban J connectivity index is 0.00000162. The Morgan fingerprint density at radius 3 is 3.11 bits per heavy atom. The van der Waals surface area contributed by atoms with Crippen LogP contribution in [0.1, 0.15) is 24.5 Å². The molecule has 1 aliphatic rings. The highest BCUT2D eigenvalue weighted by Gasteiger charge is 2.18. The standard InChI is InChI=1S/C12H18N2O2S.ClH/c15-11(10-2-4-17-8-10)7-14-12(16)5-9-1-3-13-6-9;/h2,4,8-9,11,13,15H,1,3,5-7H2,(H,14,16);1H. The normalized spacial score (nSPS) is 20.2. The summed E-state index contributed by atoms with van der Waals surface area (Å²) >= 11 is 1.55. The third-order valence-electron chi connectivity index (χ3n) is 3.06. The third-order valence-corrected chi connectivity index (χ3v) is 3.76. The van der Waals surface area contributed by atoms with E-state index in [4.69, 9.17) is 0 Å². The SMILES string of the molecule is Cl.O=C(CC1CCNC1)NCC(O)c1ccsc1. The Morgan fingerprint density at radius 1 is 1.67 bits per heavy atom. The van der Waals surface area contributed by atoms with Crippen molar-refractivity contribution < 1.29 is 9.90 Å². The number of carbonyl (C=O) groups is 1. The number of carbonyl (C=O) groups excluding carboxylic acids is 1. The minimum atomic E-state index is -0.591. The molecule has 2 rings (SSSR count). The lowest BCUT2D eigenvalue weighted by molar-refractivity contribution is -0.122. The van der Waals surface area contributed by atoms with E-state index in [9.17, 15) is 9.90 Å². The largest absolute Gasteiger partial charge is 0.387 e. The van der Waals surface area contributed by atoms with Crippen LogP contribution in [-0.2, 0) is 4.79 Å². The van der Waals surface area contributed by atoms with Crippen LogP contribution >= 0.6 is 23.7 Å². The smallest absolute Gasteiger partial charge is 0.220 e. The van der Waals surface area contributed by atoms with Crippen molar-refractivity contribution in [1.29, 1.82) is 0 Å². The predicted octanol–water partition coefficient (Wildman–Crippen LogP) is 1.32. The Hall–Kier alpha value is -0.620. The fourth-order valence-corrected chi connectivity index (χ4v) is 2.72. The van der Waals surface area contributed by atoms with Crippen LogP contribution in [0.15, 0.2) is 16.8 Å². The molecule has 0 radical (unpaired) electrons. The highest BCUT2D eigenvalue weighted by atomic mass is 35.5. The van der Waals surface area contributed by atoms with Crippen molar-refractivity contribution in [3.63, 3.8) is 0 Å². The van der Waals surface area contributed by atoms with Gasteiger partial charge in [-0.15, -0.1) is 12.4 Å². The second-order valence-electron chi connectivity index (χ2n) is 4.44. The van der Waals surface area contributed by atoms with Crippen LogP contribution in [0.2, 0.25) is 0 Å². The fraction of sp³-hybridized carbons (Fsp3) is 0.583. The van der Waals surface area contributed by atoms with E-state index < -0.39 is 6.10 Å². The predicted molar refractivity (Wildman–Crippen MR) is 75.1 cm³/mol. The summed E-state index contributed by atoms with van der Waals surface area (Å²) in [5.41, 5.74) is 0.873. The molecule has 18 heavy (non-hydrogen) atoms. The summed E-state index contributed by atoms with van der Waals surface area (Å²) in [6.07, 6.45) is 1.04. The first kappa shape index (κ1) is 15.4. The van der Waals surface area contributed by atoms with Crippen LogP contribution in [0.3, 0.4) is 0 Å². The molecule has 6 heteroatoms. The number of rotatable bonds is 5. The number of hydrogen-bond donors (Lipinski definition) is 3. The number of amides is 1. The maximum absolute atomic E-state index is 11.6. The minimum absolute atomic E-state index is 0. The molecule has 1 aliphatic heterocycles. The molecule has 1 saturated heterocycles. The topological polar surface area (TPSA) is 61.4 Å². The van der Waals surface area contributed by atoms with E-state index in [0.29, 0.717) is 18.9 Å². The lowest BCUT2D eigenvalue weighted by atomic mass is 10.0. The highest BCUT2D eigenvalue weighted by molar-refractivity contribution is 7.07. The zero-order valence-corrected chi connectivity index (χ0v) is 11.7.